The molecule has 0 radical (unpaired) electrons. The molecule has 2 heterocycles. The van der Waals surface area contributed by atoms with E-state index in [9.17, 15) is 5.26 Å². The second-order valence-electron chi connectivity index (χ2n) is 6.66. The quantitative estimate of drug-likeness (QED) is 0.862. The third-order valence-electron chi connectivity index (χ3n) is 4.36. The summed E-state index contributed by atoms with van der Waals surface area (Å²) in [6.07, 6.45) is 6.98. The molecule has 1 aromatic heterocycles. The fourth-order valence-electron chi connectivity index (χ4n) is 3.23. The van der Waals surface area contributed by atoms with Crippen molar-refractivity contribution >= 4 is 0 Å². The van der Waals surface area contributed by atoms with Crippen molar-refractivity contribution in [2.24, 2.45) is 5.92 Å². The Hall–Kier alpha value is -2.12. The highest BCUT2D eigenvalue weighted by Crippen LogP contribution is 2.30. The molecular weight excluding hydrogens is 286 g/mol. The number of aromatic nitrogens is 2. The summed E-state index contributed by atoms with van der Waals surface area (Å²) < 4.78 is 7.29. The molecule has 23 heavy (non-hydrogen) atoms. The number of hydrogen-bond donors (Lipinski definition) is 0. The van der Waals surface area contributed by atoms with Gasteiger partial charge in [-0.15, -0.1) is 0 Å². The van der Waals surface area contributed by atoms with Crippen LogP contribution >= 0.6 is 0 Å². The van der Waals surface area contributed by atoms with Crippen LogP contribution in [0, 0.1) is 17.2 Å². The van der Waals surface area contributed by atoms with Crippen LogP contribution in [0.15, 0.2) is 30.6 Å². The molecule has 1 aliphatic heterocycles. The second kappa shape index (κ2) is 6.97. The molecule has 0 atom stereocenters. The molecule has 1 fully saturated rings. The molecule has 0 aliphatic carbocycles. The van der Waals surface area contributed by atoms with Crippen molar-refractivity contribution in [1.82, 2.24) is 9.78 Å². The molecule has 0 amide bonds. The number of nitrogens with zero attached hydrogens (tertiary/aromatic N) is 3. The zero-order valence-corrected chi connectivity index (χ0v) is 13.8. The van der Waals surface area contributed by atoms with Crippen molar-refractivity contribution in [3.8, 4) is 11.8 Å². The minimum absolute atomic E-state index is 0.432. The van der Waals surface area contributed by atoms with Gasteiger partial charge in [0.2, 0.25) is 0 Å². The lowest BCUT2D eigenvalue weighted by Crippen LogP contribution is -2.15. The third kappa shape index (κ3) is 3.62. The molecule has 1 aromatic carbocycles. The van der Waals surface area contributed by atoms with E-state index < -0.39 is 0 Å². The van der Waals surface area contributed by atoms with Gasteiger partial charge in [-0.05, 0) is 54.4 Å². The predicted molar refractivity (Wildman–Crippen MR) is 89.6 cm³/mol. The Labute approximate surface area is 137 Å². The normalized spacial score (nSPS) is 15.7. The highest BCUT2D eigenvalue weighted by atomic mass is 16.5. The molecule has 4 heteroatoms. The molecule has 2 aromatic rings. The number of benzene rings is 1. The molecule has 0 unspecified atom stereocenters. The summed E-state index contributed by atoms with van der Waals surface area (Å²) >= 11 is 0. The van der Waals surface area contributed by atoms with E-state index >= 15 is 0 Å². The van der Waals surface area contributed by atoms with Crippen molar-refractivity contribution in [2.45, 2.75) is 39.0 Å². The number of nitriles is 1. The lowest BCUT2D eigenvalue weighted by atomic mass is 9.88. The van der Waals surface area contributed by atoms with Gasteiger partial charge in [0, 0.05) is 19.4 Å². The lowest BCUT2D eigenvalue weighted by molar-refractivity contribution is 0.0853. The Bertz CT molecular complexity index is 706. The van der Waals surface area contributed by atoms with Crippen molar-refractivity contribution < 1.29 is 4.74 Å². The third-order valence-corrected chi connectivity index (χ3v) is 4.36. The van der Waals surface area contributed by atoms with E-state index in [1.54, 1.807) is 0 Å². The van der Waals surface area contributed by atoms with Crippen LogP contribution in [-0.4, -0.2) is 23.0 Å². The fourth-order valence-corrected chi connectivity index (χ4v) is 3.23. The van der Waals surface area contributed by atoms with Crippen molar-refractivity contribution in [3.05, 3.63) is 47.3 Å². The number of hydrogen-bond acceptors (Lipinski definition) is 3. The SMILES string of the molecule is CC(C)Cc1cnn(-c2ccc(C3CCOCC3)c(C#N)c2)c1. The topological polar surface area (TPSA) is 50.8 Å². The van der Waals surface area contributed by atoms with E-state index in [0.717, 1.165) is 49.3 Å². The summed E-state index contributed by atoms with van der Waals surface area (Å²) in [5, 5.41) is 14.0. The summed E-state index contributed by atoms with van der Waals surface area (Å²) in [5.41, 5.74) is 4.09. The molecule has 4 nitrogen and oxygen atoms in total. The number of rotatable bonds is 4. The van der Waals surface area contributed by atoms with Crippen LogP contribution in [0.3, 0.4) is 0 Å². The van der Waals surface area contributed by atoms with E-state index in [4.69, 9.17) is 4.74 Å². The summed E-state index contributed by atoms with van der Waals surface area (Å²) in [6.45, 7) is 5.98. The largest absolute Gasteiger partial charge is 0.381 e. The summed E-state index contributed by atoms with van der Waals surface area (Å²) in [6, 6.07) is 8.47. The molecule has 1 aliphatic rings. The van der Waals surface area contributed by atoms with Gasteiger partial charge in [0.05, 0.1) is 23.5 Å². The van der Waals surface area contributed by atoms with Crippen molar-refractivity contribution in [3.63, 3.8) is 0 Å². The maximum absolute atomic E-state index is 9.53. The van der Waals surface area contributed by atoms with Gasteiger partial charge in [-0.2, -0.15) is 10.4 Å². The first kappa shape index (κ1) is 15.8. The Balaban J connectivity index is 1.86. The molecule has 0 spiro atoms. The van der Waals surface area contributed by atoms with Gasteiger partial charge in [-0.3, -0.25) is 0 Å². The van der Waals surface area contributed by atoms with Crippen LogP contribution in [0.5, 0.6) is 0 Å². The zero-order valence-electron chi connectivity index (χ0n) is 13.8. The van der Waals surface area contributed by atoms with Crippen LogP contribution in [0.25, 0.3) is 5.69 Å². The van der Waals surface area contributed by atoms with Gasteiger partial charge >= 0.3 is 0 Å². The monoisotopic (exact) mass is 309 g/mol. The minimum atomic E-state index is 0.432. The second-order valence-corrected chi connectivity index (χ2v) is 6.66. The fraction of sp³-hybridized carbons (Fsp3) is 0.474. The lowest BCUT2D eigenvalue weighted by Gasteiger charge is -2.23. The van der Waals surface area contributed by atoms with Crippen molar-refractivity contribution in [1.29, 1.82) is 5.26 Å². The van der Waals surface area contributed by atoms with E-state index in [1.807, 2.05) is 16.9 Å². The first-order chi connectivity index (χ1) is 11.2. The van der Waals surface area contributed by atoms with Gasteiger partial charge in [0.25, 0.3) is 0 Å². The van der Waals surface area contributed by atoms with Gasteiger partial charge in [-0.1, -0.05) is 19.9 Å². The predicted octanol–water partition coefficient (Wildman–Crippen LogP) is 3.84. The Morgan fingerprint density at radius 1 is 1.35 bits per heavy atom. The Kier molecular flexibility index (Phi) is 4.78. The van der Waals surface area contributed by atoms with E-state index in [-0.39, 0.29) is 0 Å². The molecule has 120 valence electrons. The molecular formula is C19H23N3O. The standard InChI is InChI=1S/C19H23N3O/c1-14(2)9-15-12-21-22(13-15)18-3-4-19(17(10-18)11-20)16-5-7-23-8-6-16/h3-4,10,12-14,16H,5-9H2,1-2H3. The summed E-state index contributed by atoms with van der Waals surface area (Å²) in [7, 11) is 0. The Morgan fingerprint density at radius 2 is 2.13 bits per heavy atom. The van der Waals surface area contributed by atoms with Crippen molar-refractivity contribution in [2.75, 3.05) is 13.2 Å². The van der Waals surface area contributed by atoms with Crippen LogP contribution in [0.4, 0.5) is 0 Å². The van der Waals surface area contributed by atoms with Crippen LogP contribution < -0.4 is 0 Å². The smallest absolute Gasteiger partial charge is 0.0995 e. The first-order valence-corrected chi connectivity index (χ1v) is 8.33. The highest BCUT2D eigenvalue weighted by molar-refractivity contribution is 5.48. The summed E-state index contributed by atoms with van der Waals surface area (Å²) in [4.78, 5) is 0. The highest BCUT2D eigenvalue weighted by Gasteiger charge is 2.19. The van der Waals surface area contributed by atoms with Gasteiger partial charge in [-0.25, -0.2) is 4.68 Å². The Morgan fingerprint density at radius 3 is 2.83 bits per heavy atom. The number of ether oxygens (including phenoxy) is 1. The minimum Gasteiger partial charge on any atom is -0.381 e. The van der Waals surface area contributed by atoms with Crippen LogP contribution in [0.2, 0.25) is 0 Å². The maximum Gasteiger partial charge on any atom is 0.0995 e. The molecule has 0 N–H and O–H groups in total. The average molecular weight is 309 g/mol. The summed E-state index contributed by atoms with van der Waals surface area (Å²) in [5.74, 6) is 1.04. The van der Waals surface area contributed by atoms with Gasteiger partial charge in [0.15, 0.2) is 0 Å². The maximum atomic E-state index is 9.53. The van der Waals surface area contributed by atoms with Gasteiger partial charge < -0.3 is 4.74 Å². The molecule has 3 rings (SSSR count). The first-order valence-electron chi connectivity index (χ1n) is 8.33. The molecule has 0 bridgehead atoms. The van der Waals surface area contributed by atoms with E-state index in [0.29, 0.717) is 11.8 Å². The van der Waals surface area contributed by atoms with Crippen LogP contribution in [0.1, 0.15) is 49.3 Å². The molecule has 1 saturated heterocycles. The zero-order chi connectivity index (χ0) is 16.2. The van der Waals surface area contributed by atoms with E-state index in [2.05, 4.69) is 43.3 Å². The van der Waals surface area contributed by atoms with Crippen LogP contribution in [-0.2, 0) is 11.2 Å². The van der Waals surface area contributed by atoms with E-state index in [1.165, 1.54) is 5.56 Å². The average Bonchev–Trinajstić information content (AvgIpc) is 3.02. The molecule has 0 saturated carbocycles. The van der Waals surface area contributed by atoms with Gasteiger partial charge in [0.1, 0.15) is 0 Å².